The van der Waals surface area contributed by atoms with E-state index >= 15 is 0 Å². The Kier molecular flexibility index (Phi) is 12.7. The molecule has 2 aliphatic rings. The number of aryl methyl sites for hydroxylation is 1. The summed E-state index contributed by atoms with van der Waals surface area (Å²) in [6.45, 7) is 17.5. The highest BCUT2D eigenvalue weighted by molar-refractivity contribution is 7.70. The van der Waals surface area contributed by atoms with Crippen LogP contribution in [0, 0.1) is 0 Å². The molecule has 292 valence electrons. The number of hydrogen-bond donors (Lipinski definition) is 3. The van der Waals surface area contributed by atoms with Crippen molar-refractivity contribution in [3.05, 3.63) is 53.7 Å². The number of aromatic nitrogens is 2. The van der Waals surface area contributed by atoms with Gasteiger partial charge >= 0.3 is 12.1 Å². The lowest BCUT2D eigenvalue weighted by Gasteiger charge is -2.43. The number of piperazine rings is 1. The summed E-state index contributed by atoms with van der Waals surface area (Å²) in [4.78, 5) is 46.4. The number of carbonyl (C=O) groups is 2. The number of carbonyl (C=O) groups excluding carboxylic acids is 2. The van der Waals surface area contributed by atoms with Gasteiger partial charge in [-0.05, 0) is 84.0 Å². The summed E-state index contributed by atoms with van der Waals surface area (Å²) < 4.78 is 24.6. The molecule has 3 aromatic rings. The molecule has 4 N–H and O–H groups in total. The zero-order valence-electron chi connectivity index (χ0n) is 32.6. The van der Waals surface area contributed by atoms with Crippen molar-refractivity contribution >= 4 is 59.2 Å². The molecule has 0 atom stereocenters. The van der Waals surface area contributed by atoms with E-state index in [0.717, 1.165) is 56.7 Å². The zero-order chi connectivity index (χ0) is 39.2. The van der Waals surface area contributed by atoms with Gasteiger partial charge in [0.15, 0.2) is 5.82 Å². The van der Waals surface area contributed by atoms with Crippen LogP contribution < -0.4 is 31.3 Å². The van der Waals surface area contributed by atoms with E-state index in [1.165, 1.54) is 13.1 Å². The second-order valence-corrected chi connectivity index (χ2v) is 18.1. The summed E-state index contributed by atoms with van der Waals surface area (Å²) in [5, 5.41) is 10.7. The van der Waals surface area contributed by atoms with Gasteiger partial charge in [0.05, 0.1) is 18.5 Å². The van der Waals surface area contributed by atoms with Gasteiger partial charge < -0.3 is 45.0 Å². The molecular weight excluding hydrogens is 709 g/mol. The number of nitrogens with zero attached hydrogens (tertiary/aromatic N) is 6. The van der Waals surface area contributed by atoms with Crippen molar-refractivity contribution < 1.29 is 28.5 Å². The third-order valence-electron chi connectivity index (χ3n) is 9.33. The molecule has 2 saturated heterocycles. The van der Waals surface area contributed by atoms with Gasteiger partial charge in [-0.25, -0.2) is 14.6 Å². The Morgan fingerprint density at radius 3 is 2.31 bits per heavy atom. The van der Waals surface area contributed by atoms with Crippen LogP contribution in [0.2, 0.25) is 0 Å². The van der Waals surface area contributed by atoms with Crippen LogP contribution in [-0.2, 0) is 20.6 Å². The van der Waals surface area contributed by atoms with E-state index in [2.05, 4.69) is 48.5 Å². The molecule has 1 aromatic heterocycles. The number of ether oxygens (including phenoxy) is 2. The first kappa shape index (κ1) is 40.3. The van der Waals surface area contributed by atoms with Crippen LogP contribution in [0.15, 0.2) is 47.8 Å². The minimum absolute atomic E-state index is 0.00674. The molecule has 0 spiro atoms. The summed E-state index contributed by atoms with van der Waals surface area (Å²) >= 11 is 0. The minimum Gasteiger partial charge on any atom is -0.494 e. The van der Waals surface area contributed by atoms with Crippen LogP contribution in [0.25, 0.3) is 0 Å². The monoisotopic (exact) mass is 763 g/mol. The normalized spacial score (nSPS) is 16.2. The van der Waals surface area contributed by atoms with Crippen LogP contribution in [0.5, 0.6) is 5.75 Å². The standard InChI is InChI=1S/C38H54N9O6P/c1-9-26-22-30(32(51-6)23-31(26)46-16-14-27(15-17-46)45-18-20-47(21-19-45)37(49)52-38(3,4)5)42-36-40-24-28(35(48)53-44-25(2)39)34(43-36)41-29-12-10-11-13-33(29)54(7,8)50/h10-13,22-24,27H,9,14-21H2,1-8H3,(H2,39,44)(H2,40,41,42,43). The van der Waals surface area contributed by atoms with Crippen molar-refractivity contribution in [2.45, 2.75) is 65.5 Å². The van der Waals surface area contributed by atoms with Gasteiger partial charge in [-0.3, -0.25) is 4.90 Å². The number of piperidine rings is 1. The van der Waals surface area contributed by atoms with Crippen LogP contribution in [0.4, 0.5) is 33.6 Å². The van der Waals surface area contributed by atoms with E-state index in [9.17, 15) is 14.2 Å². The van der Waals surface area contributed by atoms with E-state index in [1.54, 1.807) is 38.6 Å². The number of para-hydroxylation sites is 1. The number of oxime groups is 1. The average Bonchev–Trinajstić information content (AvgIpc) is 3.13. The number of methoxy groups -OCH3 is 1. The summed E-state index contributed by atoms with van der Waals surface area (Å²) in [7, 11) is -1.08. The molecule has 0 radical (unpaired) electrons. The molecule has 5 rings (SSSR count). The van der Waals surface area contributed by atoms with Gasteiger partial charge in [-0.1, -0.05) is 24.2 Å². The maximum absolute atomic E-state index is 13.1. The second kappa shape index (κ2) is 17.1. The highest BCUT2D eigenvalue weighted by Gasteiger charge is 2.31. The Balaban J connectivity index is 1.33. The first-order valence-corrected chi connectivity index (χ1v) is 20.9. The lowest BCUT2D eigenvalue weighted by atomic mass is 9.99. The Labute approximate surface area is 318 Å². The van der Waals surface area contributed by atoms with Crippen LogP contribution in [0.3, 0.4) is 0 Å². The fourth-order valence-corrected chi connectivity index (χ4v) is 7.83. The van der Waals surface area contributed by atoms with Crippen LogP contribution in [0.1, 0.15) is 63.4 Å². The molecule has 2 fully saturated rings. The van der Waals surface area contributed by atoms with Crippen molar-refractivity contribution in [2.75, 3.05) is 75.2 Å². The lowest BCUT2D eigenvalue weighted by molar-refractivity contribution is 0.00900. The topological polar surface area (TPSA) is 177 Å². The maximum Gasteiger partial charge on any atom is 0.410 e. The SMILES string of the molecule is CCc1cc(Nc2ncc(C(=O)O/N=C(/C)N)c(Nc3ccccc3P(C)(C)=O)n2)c(OC)cc1N1CCC(N2CCN(C(=O)OC(C)(C)C)CC2)CC1. The Morgan fingerprint density at radius 2 is 1.70 bits per heavy atom. The van der Waals surface area contributed by atoms with Gasteiger partial charge in [0.25, 0.3) is 0 Å². The highest BCUT2D eigenvalue weighted by Crippen LogP contribution is 2.39. The van der Waals surface area contributed by atoms with E-state index in [0.29, 0.717) is 41.6 Å². The van der Waals surface area contributed by atoms with Crippen LogP contribution >= 0.6 is 7.14 Å². The van der Waals surface area contributed by atoms with Crippen LogP contribution in [-0.4, -0.2) is 109 Å². The number of hydrogen-bond acceptors (Lipinski definition) is 13. The number of anilines is 5. The van der Waals surface area contributed by atoms with Gasteiger partial charge in [-0.15, -0.1) is 0 Å². The number of nitrogens with two attached hydrogens (primary N) is 1. The molecule has 0 bridgehead atoms. The molecule has 16 heteroatoms. The summed E-state index contributed by atoms with van der Waals surface area (Å²) in [6.07, 6.45) is 3.91. The molecule has 2 aliphatic heterocycles. The Morgan fingerprint density at radius 1 is 1.02 bits per heavy atom. The molecule has 15 nitrogen and oxygen atoms in total. The van der Waals surface area contributed by atoms with E-state index < -0.39 is 18.7 Å². The quantitative estimate of drug-likeness (QED) is 0.0708. The average molecular weight is 764 g/mol. The van der Waals surface area contributed by atoms with Crippen molar-refractivity contribution in [3.8, 4) is 5.75 Å². The predicted molar refractivity (Wildman–Crippen MR) is 214 cm³/mol. The van der Waals surface area contributed by atoms with Crippen molar-refractivity contribution in [3.63, 3.8) is 0 Å². The van der Waals surface area contributed by atoms with Gasteiger partial charge in [-0.2, -0.15) is 4.98 Å². The molecule has 54 heavy (non-hydrogen) atoms. The number of benzene rings is 2. The summed E-state index contributed by atoms with van der Waals surface area (Å²) in [6, 6.07) is 11.7. The molecular formula is C38H54N9O6P. The fourth-order valence-electron chi connectivity index (χ4n) is 6.67. The predicted octanol–water partition coefficient (Wildman–Crippen LogP) is 5.75. The van der Waals surface area contributed by atoms with E-state index in [1.807, 2.05) is 37.8 Å². The first-order chi connectivity index (χ1) is 25.6. The molecule has 3 heterocycles. The van der Waals surface area contributed by atoms with Gasteiger partial charge in [0, 0.05) is 68.6 Å². The van der Waals surface area contributed by atoms with E-state index in [4.69, 9.17) is 20.0 Å². The molecule has 2 aromatic carbocycles. The number of rotatable bonds is 11. The maximum atomic E-state index is 13.1. The Hall–Kier alpha value is -4.88. The number of amidine groups is 1. The van der Waals surface area contributed by atoms with Crippen molar-refractivity contribution in [2.24, 2.45) is 10.9 Å². The first-order valence-electron chi connectivity index (χ1n) is 18.3. The molecule has 0 saturated carbocycles. The Bertz CT molecular complexity index is 1890. The molecule has 1 amide bonds. The van der Waals surface area contributed by atoms with Crippen molar-refractivity contribution in [1.82, 2.24) is 19.8 Å². The highest BCUT2D eigenvalue weighted by atomic mass is 31.2. The number of amides is 1. The van der Waals surface area contributed by atoms with Gasteiger partial charge in [0.1, 0.15) is 29.9 Å². The van der Waals surface area contributed by atoms with E-state index in [-0.39, 0.29) is 29.3 Å². The third kappa shape index (κ3) is 10.2. The number of nitrogens with one attached hydrogen (secondary N) is 2. The molecule has 0 aliphatic carbocycles. The molecule has 0 unspecified atom stereocenters. The second-order valence-electron chi connectivity index (χ2n) is 14.9. The third-order valence-corrected chi connectivity index (χ3v) is 10.9. The van der Waals surface area contributed by atoms with Crippen molar-refractivity contribution in [1.29, 1.82) is 0 Å². The zero-order valence-corrected chi connectivity index (χ0v) is 33.5. The minimum atomic E-state index is -2.70. The fraction of sp³-hybridized carbons (Fsp3) is 0.500. The lowest BCUT2D eigenvalue weighted by Crippen LogP contribution is -2.55. The smallest absolute Gasteiger partial charge is 0.410 e. The summed E-state index contributed by atoms with van der Waals surface area (Å²) in [5.74, 6) is 0.192. The largest absolute Gasteiger partial charge is 0.494 e. The summed E-state index contributed by atoms with van der Waals surface area (Å²) in [5.41, 5.74) is 8.53. The van der Waals surface area contributed by atoms with Gasteiger partial charge in [0.2, 0.25) is 5.95 Å².